The van der Waals surface area contributed by atoms with Gasteiger partial charge in [-0.1, -0.05) is 121 Å². The Morgan fingerprint density at radius 3 is 1.45 bits per heavy atom. The van der Waals surface area contributed by atoms with Gasteiger partial charge in [0.1, 0.15) is 23.0 Å². The molecule has 10 rings (SSSR count). The molecule has 8 aromatic carbocycles. The summed E-state index contributed by atoms with van der Waals surface area (Å²) >= 11 is 0. The summed E-state index contributed by atoms with van der Waals surface area (Å²) in [5, 5.41) is 2.43. The average molecular weight is 654 g/mol. The topological polar surface area (TPSA) is 23.4 Å². The second-order valence-corrected chi connectivity index (χ2v) is 12.9. The van der Waals surface area contributed by atoms with E-state index in [0.29, 0.717) is 0 Å². The van der Waals surface area contributed by atoms with Crippen molar-refractivity contribution in [1.82, 2.24) is 4.57 Å². The van der Waals surface area contributed by atoms with Gasteiger partial charge >= 0.3 is 0 Å². The molecule has 1 aliphatic rings. The zero-order valence-electron chi connectivity index (χ0n) is 27.7. The largest absolute Gasteiger partial charge is 0.456 e. The predicted octanol–water partition coefficient (Wildman–Crippen LogP) is 13.3. The molecule has 0 N–H and O–H groups in total. The lowest BCUT2D eigenvalue weighted by Crippen LogP contribution is -1.98. The van der Waals surface area contributed by atoms with E-state index < -0.39 is 0 Å². The maximum absolute atomic E-state index is 7.12. The molecule has 0 aliphatic carbocycles. The molecule has 0 spiro atoms. The van der Waals surface area contributed by atoms with Gasteiger partial charge in [-0.25, -0.2) is 0 Å². The molecule has 3 nitrogen and oxygen atoms in total. The molecule has 1 aromatic heterocycles. The van der Waals surface area contributed by atoms with Crippen LogP contribution in [-0.4, -0.2) is 4.57 Å². The van der Waals surface area contributed by atoms with Crippen molar-refractivity contribution in [3.05, 3.63) is 188 Å². The Morgan fingerprint density at radius 2 is 0.765 bits per heavy atom. The quantitative estimate of drug-likeness (QED) is 0.189. The van der Waals surface area contributed by atoms with Gasteiger partial charge in [0.25, 0.3) is 0 Å². The van der Waals surface area contributed by atoms with Crippen molar-refractivity contribution in [2.24, 2.45) is 0 Å². The Labute approximate surface area is 296 Å². The highest BCUT2D eigenvalue weighted by molar-refractivity contribution is 6.10. The van der Waals surface area contributed by atoms with Crippen LogP contribution < -0.4 is 9.47 Å². The molecule has 0 bridgehead atoms. The highest BCUT2D eigenvalue weighted by atomic mass is 16.5. The van der Waals surface area contributed by atoms with E-state index in [2.05, 4.69) is 156 Å². The van der Waals surface area contributed by atoms with E-state index in [0.717, 1.165) is 73.2 Å². The van der Waals surface area contributed by atoms with E-state index in [4.69, 9.17) is 9.47 Å². The van der Waals surface area contributed by atoms with Gasteiger partial charge in [-0.2, -0.15) is 0 Å². The normalized spacial score (nSPS) is 11.8. The number of fused-ring (bicyclic) bond motifs is 9. The number of hydrogen-bond donors (Lipinski definition) is 0. The lowest BCUT2D eigenvalue weighted by molar-refractivity contribution is 0.472. The van der Waals surface area contributed by atoms with Crippen LogP contribution in [-0.2, 0) is 0 Å². The first-order chi connectivity index (χ1) is 25.3. The number of rotatable bonds is 3. The minimum Gasteiger partial charge on any atom is -0.456 e. The summed E-state index contributed by atoms with van der Waals surface area (Å²) in [4.78, 5) is 0. The van der Waals surface area contributed by atoms with E-state index in [9.17, 15) is 0 Å². The first-order valence-corrected chi connectivity index (χ1v) is 17.3. The highest BCUT2D eigenvalue weighted by Gasteiger charge is 2.22. The molecule has 0 fully saturated rings. The van der Waals surface area contributed by atoms with Crippen LogP contribution in [0.25, 0.3) is 72.0 Å². The van der Waals surface area contributed by atoms with Gasteiger partial charge in [0, 0.05) is 38.7 Å². The molecule has 0 saturated heterocycles. The second kappa shape index (κ2) is 11.9. The van der Waals surface area contributed by atoms with Crippen molar-refractivity contribution < 1.29 is 9.47 Å². The summed E-state index contributed by atoms with van der Waals surface area (Å²) in [6.07, 6.45) is 0. The molecule has 240 valence electrons. The number of para-hydroxylation sites is 4. The summed E-state index contributed by atoms with van der Waals surface area (Å²) < 4.78 is 16.2. The maximum atomic E-state index is 7.12. The summed E-state index contributed by atoms with van der Waals surface area (Å²) in [5.41, 5.74) is 11.8. The van der Waals surface area contributed by atoms with Gasteiger partial charge in [0.15, 0.2) is 0 Å². The smallest absolute Gasteiger partial charge is 0.136 e. The number of hydrogen-bond acceptors (Lipinski definition) is 2. The standard InChI is InChI=1S/C48H31NO2/c1-3-13-32(14-4-1)34-23-26-40-38-18-8-11-21-45(38)50-46-22-12-9-19-39(46)41-27-24-35(31-48(41)51-47(40)30-34)33-25-28-44-42(29-33)37-17-7-10-20-43(37)49(44)36-15-5-2-6-16-36/h1-31H. The third-order valence-corrected chi connectivity index (χ3v) is 9.88. The van der Waals surface area contributed by atoms with Crippen molar-refractivity contribution in [2.75, 3.05) is 0 Å². The van der Waals surface area contributed by atoms with E-state index in [1.807, 2.05) is 36.4 Å². The van der Waals surface area contributed by atoms with Crippen LogP contribution in [0.2, 0.25) is 0 Å². The summed E-state index contributed by atoms with van der Waals surface area (Å²) in [6.45, 7) is 0. The number of nitrogens with zero attached hydrogens (tertiary/aromatic N) is 1. The monoisotopic (exact) mass is 653 g/mol. The average Bonchev–Trinajstić information content (AvgIpc) is 3.53. The lowest BCUT2D eigenvalue weighted by Gasteiger charge is -2.22. The first-order valence-electron chi connectivity index (χ1n) is 17.3. The van der Waals surface area contributed by atoms with Crippen LogP contribution in [0.3, 0.4) is 0 Å². The van der Waals surface area contributed by atoms with E-state index >= 15 is 0 Å². The molecule has 9 aromatic rings. The third-order valence-electron chi connectivity index (χ3n) is 9.88. The summed E-state index contributed by atoms with van der Waals surface area (Å²) in [5.74, 6) is 3.10. The van der Waals surface area contributed by atoms with Crippen molar-refractivity contribution >= 4 is 21.8 Å². The Hall–Kier alpha value is -6.84. The SMILES string of the molecule is c1ccc(-c2ccc3c(c2)Oc2cc(-c4ccc5c(c4)c4ccccc4n5-c4ccccc4)ccc2-c2ccccc2Oc2ccccc2-3)cc1. The minimum absolute atomic E-state index is 0.765. The Balaban J connectivity index is 1.18. The number of ether oxygens (including phenoxy) is 2. The fourth-order valence-electron chi connectivity index (χ4n) is 7.45. The summed E-state index contributed by atoms with van der Waals surface area (Å²) in [7, 11) is 0. The molecule has 51 heavy (non-hydrogen) atoms. The molecule has 3 heteroatoms. The number of aromatic nitrogens is 1. The molecular weight excluding hydrogens is 623 g/mol. The van der Waals surface area contributed by atoms with Gasteiger partial charge in [0.05, 0.1) is 11.0 Å². The van der Waals surface area contributed by atoms with Gasteiger partial charge in [-0.05, 0) is 89.0 Å². The maximum Gasteiger partial charge on any atom is 0.136 e. The molecular formula is C48H31NO2. The highest BCUT2D eigenvalue weighted by Crippen LogP contribution is 2.48. The molecule has 2 heterocycles. The van der Waals surface area contributed by atoms with Gasteiger partial charge in [-0.15, -0.1) is 0 Å². The van der Waals surface area contributed by atoms with E-state index in [-0.39, 0.29) is 0 Å². The first kappa shape index (κ1) is 29.1. The van der Waals surface area contributed by atoms with E-state index in [1.165, 1.54) is 21.8 Å². The molecule has 0 unspecified atom stereocenters. The van der Waals surface area contributed by atoms with Crippen molar-refractivity contribution in [3.63, 3.8) is 0 Å². The van der Waals surface area contributed by atoms with Crippen molar-refractivity contribution in [2.45, 2.75) is 0 Å². The minimum atomic E-state index is 0.765. The fourth-order valence-corrected chi connectivity index (χ4v) is 7.45. The van der Waals surface area contributed by atoms with Gasteiger partial charge in [-0.3, -0.25) is 0 Å². The van der Waals surface area contributed by atoms with Gasteiger partial charge in [0.2, 0.25) is 0 Å². The third kappa shape index (κ3) is 4.98. The van der Waals surface area contributed by atoms with Crippen molar-refractivity contribution in [1.29, 1.82) is 0 Å². The number of benzene rings is 8. The van der Waals surface area contributed by atoms with Crippen LogP contribution in [0.1, 0.15) is 0 Å². The Bertz CT molecular complexity index is 2740. The molecule has 0 saturated carbocycles. The van der Waals surface area contributed by atoms with Crippen molar-refractivity contribution in [3.8, 4) is 73.2 Å². The molecule has 0 atom stereocenters. The van der Waals surface area contributed by atoms with E-state index in [1.54, 1.807) is 0 Å². The van der Waals surface area contributed by atoms with Crippen LogP contribution in [0.15, 0.2) is 188 Å². The predicted molar refractivity (Wildman–Crippen MR) is 209 cm³/mol. The zero-order chi connectivity index (χ0) is 33.7. The lowest BCUT2D eigenvalue weighted by atomic mass is 9.96. The van der Waals surface area contributed by atoms with Gasteiger partial charge < -0.3 is 14.0 Å². The second-order valence-electron chi connectivity index (χ2n) is 12.9. The zero-order valence-corrected chi connectivity index (χ0v) is 27.7. The van der Waals surface area contributed by atoms with Crippen LogP contribution in [0, 0.1) is 0 Å². The van der Waals surface area contributed by atoms with Crippen LogP contribution in [0.5, 0.6) is 23.0 Å². The Kier molecular flexibility index (Phi) is 6.81. The molecule has 0 radical (unpaired) electrons. The van der Waals surface area contributed by atoms with Crippen LogP contribution in [0.4, 0.5) is 0 Å². The van der Waals surface area contributed by atoms with Crippen LogP contribution >= 0.6 is 0 Å². The fraction of sp³-hybridized carbons (Fsp3) is 0. The molecule has 1 aliphatic heterocycles. The molecule has 0 amide bonds. The summed E-state index contributed by atoms with van der Waals surface area (Å²) in [6, 6.07) is 65.8. The Morgan fingerprint density at radius 1 is 0.294 bits per heavy atom.